The van der Waals surface area contributed by atoms with E-state index in [1.807, 2.05) is 12.1 Å². The van der Waals surface area contributed by atoms with Gasteiger partial charge in [-0.2, -0.15) is 5.10 Å². The smallest absolute Gasteiger partial charge is 0.338 e. The van der Waals surface area contributed by atoms with Gasteiger partial charge in [0.05, 0.1) is 28.6 Å². The molecule has 1 atom stereocenters. The van der Waals surface area contributed by atoms with E-state index in [2.05, 4.69) is 42.5 Å². The Balaban J connectivity index is 1.13. The van der Waals surface area contributed by atoms with Gasteiger partial charge in [0, 0.05) is 36.6 Å². The monoisotopic (exact) mass is 679 g/mol. The lowest BCUT2D eigenvalue weighted by molar-refractivity contribution is -0.154. The van der Waals surface area contributed by atoms with Gasteiger partial charge in [-0.25, -0.2) is 24.4 Å². The van der Waals surface area contributed by atoms with Crippen LogP contribution in [0.4, 0.5) is 5.13 Å². The van der Waals surface area contributed by atoms with Gasteiger partial charge in [-0.1, -0.05) is 60.9 Å². The van der Waals surface area contributed by atoms with Crippen molar-refractivity contribution in [1.29, 1.82) is 0 Å². The van der Waals surface area contributed by atoms with Crippen LogP contribution in [0.1, 0.15) is 21.5 Å². The van der Waals surface area contributed by atoms with Gasteiger partial charge in [0.2, 0.25) is 5.13 Å². The summed E-state index contributed by atoms with van der Waals surface area (Å²) in [5.74, 6) is -1.42. The van der Waals surface area contributed by atoms with Gasteiger partial charge in [0.1, 0.15) is 24.7 Å². The molecular weight excluding hydrogens is 646 g/mol. The fraction of sp³-hybridized carbons (Fsp3) is 0.162. The molecule has 0 fully saturated rings. The Bertz CT molecular complexity index is 2020. The summed E-state index contributed by atoms with van der Waals surface area (Å²) in [6.07, 6.45) is 3.08. The fourth-order valence-electron chi connectivity index (χ4n) is 4.63. The van der Waals surface area contributed by atoms with Crippen molar-refractivity contribution in [2.75, 3.05) is 31.9 Å². The summed E-state index contributed by atoms with van der Waals surface area (Å²) in [6, 6.07) is 23.6. The number of carbonyl (C=O) groups excluding carboxylic acids is 3. The van der Waals surface area contributed by atoms with Crippen molar-refractivity contribution in [3.8, 4) is 11.5 Å². The maximum atomic E-state index is 12.7. The normalized spacial score (nSPS) is 11.6. The molecule has 49 heavy (non-hydrogen) atoms. The van der Waals surface area contributed by atoms with Gasteiger partial charge in [-0.15, -0.1) is 0 Å². The highest BCUT2D eigenvalue weighted by molar-refractivity contribution is 7.22. The summed E-state index contributed by atoms with van der Waals surface area (Å²) in [6.45, 7) is 6.44. The van der Waals surface area contributed by atoms with Crippen molar-refractivity contribution in [2.45, 2.75) is 12.5 Å². The molecule has 0 amide bonds. The van der Waals surface area contributed by atoms with Crippen LogP contribution in [0, 0.1) is 0 Å². The van der Waals surface area contributed by atoms with E-state index in [4.69, 9.17) is 23.9 Å². The van der Waals surface area contributed by atoms with E-state index in [1.165, 1.54) is 11.3 Å². The minimum absolute atomic E-state index is 0.0680. The van der Waals surface area contributed by atoms with Gasteiger partial charge >= 0.3 is 17.9 Å². The van der Waals surface area contributed by atoms with E-state index in [0.717, 1.165) is 43.8 Å². The van der Waals surface area contributed by atoms with Crippen LogP contribution in [-0.2, 0) is 30.2 Å². The Labute approximate surface area is 286 Å². The van der Waals surface area contributed by atoms with Crippen LogP contribution in [0.15, 0.2) is 109 Å². The van der Waals surface area contributed by atoms with E-state index in [0.29, 0.717) is 23.3 Å². The fourth-order valence-corrected chi connectivity index (χ4v) is 5.53. The van der Waals surface area contributed by atoms with Crippen LogP contribution in [0.25, 0.3) is 21.0 Å². The zero-order valence-corrected chi connectivity index (χ0v) is 27.4. The average Bonchev–Trinajstić information content (AvgIpc) is 3.58. The number of esters is 3. The zero-order valence-electron chi connectivity index (χ0n) is 26.6. The lowest BCUT2D eigenvalue weighted by Crippen LogP contribution is -2.30. The molecule has 1 aromatic heterocycles. The minimum atomic E-state index is -0.883. The number of ether oxygens (including phenoxy) is 4. The highest BCUT2D eigenvalue weighted by atomic mass is 32.1. The Morgan fingerprint density at radius 3 is 2.51 bits per heavy atom. The van der Waals surface area contributed by atoms with E-state index < -0.39 is 24.0 Å². The molecule has 5 aromatic rings. The Morgan fingerprint density at radius 1 is 0.959 bits per heavy atom. The molecule has 0 aliphatic heterocycles. The molecule has 1 unspecified atom stereocenters. The first-order valence-corrected chi connectivity index (χ1v) is 16.0. The predicted octanol–water partition coefficient (Wildman–Crippen LogP) is 6.23. The summed E-state index contributed by atoms with van der Waals surface area (Å²) in [5, 5.41) is 19.5. The number of fused-ring (bicyclic) bond motifs is 3. The maximum Gasteiger partial charge on any atom is 0.338 e. The first-order chi connectivity index (χ1) is 23.7. The third-order valence-corrected chi connectivity index (χ3v) is 8.28. The second kappa shape index (κ2) is 16.2. The molecule has 0 aliphatic carbocycles. The quantitative estimate of drug-likeness (QED) is 0.0446. The largest absolute Gasteiger partial charge is 0.507 e. The molecule has 11 nitrogen and oxygen atoms in total. The number of carbonyl (C=O) groups is 3. The molecule has 1 N–H and O–H groups in total. The number of aromatic nitrogens is 1. The number of nitrogens with zero attached hydrogens (tertiary/aromatic N) is 3. The number of rotatable bonds is 15. The molecule has 0 radical (unpaired) electrons. The molecule has 0 bridgehead atoms. The molecule has 5 rings (SSSR count). The van der Waals surface area contributed by atoms with Crippen molar-refractivity contribution < 1.29 is 38.4 Å². The van der Waals surface area contributed by atoms with E-state index in [9.17, 15) is 19.5 Å². The molecule has 0 saturated carbocycles. The number of aromatic hydroxyl groups is 1. The summed E-state index contributed by atoms with van der Waals surface area (Å²) in [7, 11) is 1.80. The second-order valence-corrected chi connectivity index (χ2v) is 11.6. The number of phenols is 1. The molecular formula is C37H33N3O8S. The predicted molar refractivity (Wildman–Crippen MR) is 188 cm³/mol. The van der Waals surface area contributed by atoms with Gasteiger partial charge in [-0.05, 0) is 53.4 Å². The first-order valence-electron chi connectivity index (χ1n) is 15.1. The van der Waals surface area contributed by atoms with E-state index in [-0.39, 0.29) is 25.6 Å². The Kier molecular flexibility index (Phi) is 11.4. The Morgan fingerprint density at radius 2 is 1.73 bits per heavy atom. The minimum Gasteiger partial charge on any atom is -0.507 e. The van der Waals surface area contributed by atoms with Crippen LogP contribution in [-0.4, -0.2) is 67.2 Å². The highest BCUT2D eigenvalue weighted by Gasteiger charge is 2.17. The summed E-state index contributed by atoms with van der Waals surface area (Å²) >= 11 is 1.53. The van der Waals surface area contributed by atoms with Crippen molar-refractivity contribution in [2.24, 2.45) is 5.10 Å². The van der Waals surface area contributed by atoms with E-state index >= 15 is 0 Å². The summed E-state index contributed by atoms with van der Waals surface area (Å²) in [5.41, 5.74) is 2.59. The maximum absolute atomic E-state index is 12.7. The first kappa shape index (κ1) is 34.3. The standard InChI is InChI=1S/C37H33N3O8S/c1-4-33(42)47-23-29(48-34(43)5-2)22-46-28-14-11-26(12-15-28)36(44)45-19-18-24-10-16-31(41)27(20-24)21-38-40(3)37-39-35-30-9-7-6-8-25(30)13-17-32(35)49-37/h4-17,20-21,29,41H,1-2,18-19,22-23H2,3H3/b38-21+. The van der Waals surface area contributed by atoms with Crippen LogP contribution in [0.2, 0.25) is 0 Å². The number of hydrazone groups is 1. The second-order valence-electron chi connectivity index (χ2n) is 10.6. The number of benzene rings is 4. The third-order valence-electron chi connectivity index (χ3n) is 7.19. The van der Waals surface area contributed by atoms with Crippen LogP contribution < -0.4 is 9.75 Å². The van der Waals surface area contributed by atoms with Crippen molar-refractivity contribution in [1.82, 2.24) is 4.98 Å². The number of thiazole rings is 1. The number of hydrogen-bond donors (Lipinski definition) is 1. The molecule has 0 aliphatic rings. The van der Waals surface area contributed by atoms with Gasteiger partial charge in [-0.3, -0.25) is 0 Å². The van der Waals surface area contributed by atoms with Gasteiger partial charge in [0.15, 0.2) is 6.10 Å². The zero-order chi connectivity index (χ0) is 34.8. The van der Waals surface area contributed by atoms with Gasteiger partial charge in [0.25, 0.3) is 0 Å². The van der Waals surface area contributed by atoms with Crippen molar-refractivity contribution >= 4 is 61.6 Å². The Hall–Kier alpha value is -6.01. The number of anilines is 1. The summed E-state index contributed by atoms with van der Waals surface area (Å²) in [4.78, 5) is 40.4. The molecule has 12 heteroatoms. The van der Waals surface area contributed by atoms with Crippen molar-refractivity contribution in [3.05, 3.63) is 121 Å². The van der Waals surface area contributed by atoms with Crippen LogP contribution in [0.5, 0.6) is 11.5 Å². The molecule has 0 saturated heterocycles. The lowest BCUT2D eigenvalue weighted by atomic mass is 10.1. The summed E-state index contributed by atoms with van der Waals surface area (Å²) < 4.78 is 22.3. The highest BCUT2D eigenvalue weighted by Crippen LogP contribution is 2.33. The SMILES string of the molecule is C=CC(=O)OCC(COc1ccc(C(=O)OCCc2ccc(O)c(/C=N/N(C)c3nc4c(ccc5ccccc54)s3)c2)cc1)OC(=O)C=C. The van der Waals surface area contributed by atoms with Crippen LogP contribution >= 0.6 is 11.3 Å². The molecule has 4 aromatic carbocycles. The number of phenolic OH excluding ortho intramolecular Hbond substituents is 1. The lowest BCUT2D eigenvalue weighted by Gasteiger charge is -2.17. The molecule has 1 heterocycles. The topological polar surface area (TPSA) is 137 Å². The van der Waals surface area contributed by atoms with Crippen LogP contribution in [0.3, 0.4) is 0 Å². The molecule has 0 spiro atoms. The van der Waals surface area contributed by atoms with Gasteiger partial charge < -0.3 is 24.1 Å². The average molecular weight is 680 g/mol. The third kappa shape index (κ3) is 9.08. The van der Waals surface area contributed by atoms with Crippen molar-refractivity contribution in [3.63, 3.8) is 0 Å². The molecule has 250 valence electrons. The van der Waals surface area contributed by atoms with E-state index in [1.54, 1.807) is 60.7 Å². The number of hydrogen-bond acceptors (Lipinski definition) is 12.